The Morgan fingerprint density at radius 2 is 0.825 bits per heavy atom. The molecule has 10 aromatic carbocycles. The number of fused-ring (bicyclic) bond motifs is 6. The maximum absolute atomic E-state index is 2.48. The molecule has 0 aliphatic rings. The smallest absolute Gasteiger partial charge is 0.0640 e. The van der Waals surface area contributed by atoms with Crippen molar-refractivity contribution in [2.75, 3.05) is 4.90 Å². The van der Waals surface area contributed by atoms with Gasteiger partial charge in [0.15, 0.2) is 0 Å². The summed E-state index contributed by atoms with van der Waals surface area (Å²) in [5, 5.41) is 5.13. The molecule has 0 atom stereocenters. The molecule has 296 valence electrons. The molecule has 2 aromatic heterocycles. The molecule has 12 rings (SSSR count). The number of benzene rings is 10. The highest BCUT2D eigenvalue weighted by Gasteiger charge is 2.20. The Bertz CT molecular complexity index is 3520. The van der Waals surface area contributed by atoms with Gasteiger partial charge in [0.25, 0.3) is 0 Å². The first kappa shape index (κ1) is 36.8. The van der Waals surface area contributed by atoms with Crippen LogP contribution in [0.3, 0.4) is 0 Å². The highest BCUT2D eigenvalue weighted by Crippen LogP contribution is 2.44. The van der Waals surface area contributed by atoms with E-state index in [0.29, 0.717) is 0 Å². The van der Waals surface area contributed by atoms with Crippen LogP contribution in [0.1, 0.15) is 0 Å². The van der Waals surface area contributed by atoms with E-state index in [1.165, 1.54) is 86.6 Å². The third-order valence-corrected chi connectivity index (χ3v) is 13.6. The van der Waals surface area contributed by atoms with Gasteiger partial charge in [-0.05, 0) is 111 Å². The SMILES string of the molecule is c1ccc(-c2ccc(N(c3ccc(-c4ccccc4)cc3)c3cccc(-c4cccc(-c5cccc6c5c5ccccc5n6-c5cccc6c5sc5ccccc56)c4)c3)cc2)cc1. The van der Waals surface area contributed by atoms with Crippen molar-refractivity contribution in [1.29, 1.82) is 0 Å². The van der Waals surface area contributed by atoms with Crippen LogP contribution in [0.4, 0.5) is 17.1 Å². The molecule has 0 fully saturated rings. The van der Waals surface area contributed by atoms with E-state index in [1.54, 1.807) is 0 Å². The third-order valence-electron chi connectivity index (χ3n) is 12.4. The van der Waals surface area contributed by atoms with Crippen molar-refractivity contribution >= 4 is 70.4 Å². The van der Waals surface area contributed by atoms with Gasteiger partial charge in [-0.3, -0.25) is 0 Å². The van der Waals surface area contributed by atoms with Crippen LogP contribution < -0.4 is 4.90 Å². The molecular formula is C60H40N2S. The Morgan fingerprint density at radius 3 is 1.54 bits per heavy atom. The number of rotatable bonds is 8. The number of nitrogens with zero attached hydrogens (tertiary/aromatic N) is 2. The van der Waals surface area contributed by atoms with Gasteiger partial charge >= 0.3 is 0 Å². The maximum atomic E-state index is 2.48. The predicted molar refractivity (Wildman–Crippen MR) is 270 cm³/mol. The molecule has 0 bridgehead atoms. The molecule has 0 unspecified atom stereocenters. The van der Waals surface area contributed by atoms with E-state index >= 15 is 0 Å². The fourth-order valence-electron chi connectivity index (χ4n) is 9.43. The van der Waals surface area contributed by atoms with Gasteiger partial charge in [0.2, 0.25) is 0 Å². The number of para-hydroxylation sites is 1. The summed E-state index contributed by atoms with van der Waals surface area (Å²) in [6.07, 6.45) is 0. The van der Waals surface area contributed by atoms with Crippen LogP contribution in [0, 0.1) is 0 Å². The van der Waals surface area contributed by atoms with Gasteiger partial charge in [0, 0.05) is 43.3 Å². The second-order valence-corrected chi connectivity index (χ2v) is 17.1. The molecule has 3 heteroatoms. The second kappa shape index (κ2) is 15.5. The molecule has 0 radical (unpaired) electrons. The van der Waals surface area contributed by atoms with Crippen LogP contribution in [0.15, 0.2) is 243 Å². The molecule has 0 spiro atoms. The minimum atomic E-state index is 1.10. The number of anilines is 3. The van der Waals surface area contributed by atoms with Gasteiger partial charge in [-0.2, -0.15) is 0 Å². The number of hydrogen-bond acceptors (Lipinski definition) is 2. The fraction of sp³-hybridized carbons (Fsp3) is 0. The fourth-order valence-corrected chi connectivity index (χ4v) is 10.6. The van der Waals surface area contributed by atoms with Crippen molar-refractivity contribution in [1.82, 2.24) is 4.57 Å². The molecule has 0 amide bonds. The Morgan fingerprint density at radius 1 is 0.317 bits per heavy atom. The van der Waals surface area contributed by atoms with Gasteiger partial charge in [-0.15, -0.1) is 11.3 Å². The average Bonchev–Trinajstić information content (AvgIpc) is 3.92. The lowest BCUT2D eigenvalue weighted by molar-refractivity contribution is 1.20. The molecule has 2 heterocycles. The minimum Gasteiger partial charge on any atom is -0.310 e. The zero-order valence-electron chi connectivity index (χ0n) is 34.4. The van der Waals surface area contributed by atoms with Crippen LogP contribution in [0.2, 0.25) is 0 Å². The first-order chi connectivity index (χ1) is 31.2. The summed E-state index contributed by atoms with van der Waals surface area (Å²) in [6, 6.07) is 88.2. The lowest BCUT2D eigenvalue weighted by Crippen LogP contribution is -2.10. The number of thiophene rings is 1. The summed E-state index contributed by atoms with van der Waals surface area (Å²) < 4.78 is 5.10. The molecule has 0 aliphatic heterocycles. The van der Waals surface area contributed by atoms with E-state index in [-0.39, 0.29) is 0 Å². The van der Waals surface area contributed by atoms with E-state index in [4.69, 9.17) is 0 Å². The van der Waals surface area contributed by atoms with E-state index in [1.807, 2.05) is 11.3 Å². The first-order valence-corrected chi connectivity index (χ1v) is 22.3. The van der Waals surface area contributed by atoms with E-state index in [9.17, 15) is 0 Å². The van der Waals surface area contributed by atoms with E-state index in [2.05, 4.69) is 252 Å². The lowest BCUT2D eigenvalue weighted by Gasteiger charge is -2.26. The molecule has 0 saturated heterocycles. The Hall–Kier alpha value is -7.98. The Kier molecular flexibility index (Phi) is 9.06. The minimum absolute atomic E-state index is 1.10. The first-order valence-electron chi connectivity index (χ1n) is 21.5. The second-order valence-electron chi connectivity index (χ2n) is 16.1. The number of aromatic nitrogens is 1. The molecule has 0 aliphatic carbocycles. The largest absolute Gasteiger partial charge is 0.310 e. The maximum Gasteiger partial charge on any atom is 0.0640 e. The highest BCUT2D eigenvalue weighted by molar-refractivity contribution is 7.26. The molecule has 12 aromatic rings. The summed E-state index contributed by atoms with van der Waals surface area (Å²) >= 11 is 1.88. The Labute approximate surface area is 370 Å². The monoisotopic (exact) mass is 820 g/mol. The van der Waals surface area contributed by atoms with Crippen molar-refractivity contribution in [3.8, 4) is 50.2 Å². The van der Waals surface area contributed by atoms with Gasteiger partial charge in [-0.1, -0.05) is 176 Å². The van der Waals surface area contributed by atoms with Crippen LogP contribution in [0.5, 0.6) is 0 Å². The molecule has 0 N–H and O–H groups in total. The summed E-state index contributed by atoms with van der Waals surface area (Å²) in [7, 11) is 0. The normalized spacial score (nSPS) is 11.5. The summed E-state index contributed by atoms with van der Waals surface area (Å²) in [6.45, 7) is 0. The Balaban J connectivity index is 0.964. The van der Waals surface area contributed by atoms with Gasteiger partial charge in [-0.25, -0.2) is 0 Å². The average molecular weight is 821 g/mol. The van der Waals surface area contributed by atoms with Crippen molar-refractivity contribution in [2.24, 2.45) is 0 Å². The lowest BCUT2D eigenvalue weighted by atomic mass is 9.95. The third kappa shape index (κ3) is 6.50. The van der Waals surface area contributed by atoms with E-state index in [0.717, 1.165) is 22.6 Å². The van der Waals surface area contributed by atoms with Crippen molar-refractivity contribution in [2.45, 2.75) is 0 Å². The predicted octanol–water partition coefficient (Wildman–Crippen LogP) is 17.3. The number of hydrogen-bond donors (Lipinski definition) is 0. The highest BCUT2D eigenvalue weighted by atomic mass is 32.1. The van der Waals surface area contributed by atoms with Crippen LogP contribution >= 0.6 is 11.3 Å². The standard InChI is InChI=1S/C60H40N2S/c1-3-15-41(16-4-1)43-31-35-48(36-32-43)61(49-37-33-44(34-38-49)42-17-5-2-6-18-42)50-22-12-20-46(40-50)45-19-11-21-47(39-45)51-25-13-28-56-59(51)54-24-7-9-27-55(54)62(56)57-29-14-26-53-52-23-8-10-30-58(52)63-60(53)57/h1-40H. The van der Waals surface area contributed by atoms with Crippen molar-refractivity contribution < 1.29 is 0 Å². The summed E-state index contributed by atoms with van der Waals surface area (Å²) in [5.74, 6) is 0. The molecule has 0 saturated carbocycles. The molecule has 2 nitrogen and oxygen atoms in total. The van der Waals surface area contributed by atoms with Crippen molar-refractivity contribution in [3.63, 3.8) is 0 Å². The summed E-state index contributed by atoms with van der Waals surface area (Å²) in [4.78, 5) is 2.36. The van der Waals surface area contributed by atoms with Gasteiger partial charge in [0.05, 0.1) is 21.4 Å². The summed E-state index contributed by atoms with van der Waals surface area (Å²) in [5.41, 5.74) is 16.5. The quantitative estimate of drug-likeness (QED) is 0.148. The van der Waals surface area contributed by atoms with Crippen LogP contribution in [-0.4, -0.2) is 4.57 Å². The molecule has 63 heavy (non-hydrogen) atoms. The topological polar surface area (TPSA) is 8.17 Å². The van der Waals surface area contributed by atoms with E-state index < -0.39 is 0 Å². The zero-order valence-corrected chi connectivity index (χ0v) is 35.2. The zero-order chi connectivity index (χ0) is 41.7. The van der Waals surface area contributed by atoms with Crippen LogP contribution in [0.25, 0.3) is 92.2 Å². The van der Waals surface area contributed by atoms with Gasteiger partial charge in [0.1, 0.15) is 0 Å². The van der Waals surface area contributed by atoms with Gasteiger partial charge < -0.3 is 9.47 Å². The van der Waals surface area contributed by atoms with Crippen molar-refractivity contribution in [3.05, 3.63) is 243 Å². The van der Waals surface area contributed by atoms with Crippen LogP contribution in [-0.2, 0) is 0 Å². The molecular weight excluding hydrogens is 781 g/mol.